The van der Waals surface area contributed by atoms with Crippen molar-refractivity contribution in [3.05, 3.63) is 41.9 Å². The maximum absolute atomic E-state index is 12.2. The summed E-state index contributed by atoms with van der Waals surface area (Å²) < 4.78 is 1.96. The SMILES string of the molecule is C=CCn1c(SCC(=O)NC2CCCCC2)nnc1-c1cccc(Cl)c1. The first-order chi connectivity index (χ1) is 12.7. The van der Waals surface area contributed by atoms with Gasteiger partial charge in [0.2, 0.25) is 5.91 Å². The van der Waals surface area contributed by atoms with E-state index in [4.69, 9.17) is 11.6 Å². The summed E-state index contributed by atoms with van der Waals surface area (Å²) in [5.74, 6) is 1.11. The first-order valence-corrected chi connectivity index (χ1v) is 10.3. The van der Waals surface area contributed by atoms with Crippen LogP contribution in [0.5, 0.6) is 0 Å². The van der Waals surface area contributed by atoms with Crippen LogP contribution in [-0.4, -0.2) is 32.5 Å². The second-order valence-electron chi connectivity index (χ2n) is 6.41. The van der Waals surface area contributed by atoms with E-state index in [1.165, 1.54) is 31.0 Å². The Balaban J connectivity index is 1.67. The maximum atomic E-state index is 12.2. The Labute approximate surface area is 163 Å². The van der Waals surface area contributed by atoms with Gasteiger partial charge in [-0.05, 0) is 25.0 Å². The largest absolute Gasteiger partial charge is 0.353 e. The van der Waals surface area contributed by atoms with E-state index in [1.807, 2.05) is 28.8 Å². The summed E-state index contributed by atoms with van der Waals surface area (Å²) >= 11 is 7.49. The van der Waals surface area contributed by atoms with Gasteiger partial charge in [0, 0.05) is 23.2 Å². The number of hydrogen-bond acceptors (Lipinski definition) is 4. The van der Waals surface area contributed by atoms with Crippen molar-refractivity contribution in [2.75, 3.05) is 5.75 Å². The molecule has 1 aromatic carbocycles. The van der Waals surface area contributed by atoms with Gasteiger partial charge in [0.05, 0.1) is 5.75 Å². The Morgan fingerprint density at radius 1 is 1.35 bits per heavy atom. The van der Waals surface area contributed by atoms with Crippen LogP contribution in [0.4, 0.5) is 0 Å². The van der Waals surface area contributed by atoms with Crippen LogP contribution in [0.2, 0.25) is 5.02 Å². The molecule has 26 heavy (non-hydrogen) atoms. The summed E-state index contributed by atoms with van der Waals surface area (Å²) in [6.45, 7) is 4.38. The molecule has 138 valence electrons. The predicted octanol–water partition coefficient (Wildman–Crippen LogP) is 4.33. The Bertz CT molecular complexity index is 771. The molecule has 0 unspecified atom stereocenters. The van der Waals surface area contributed by atoms with Crippen LogP contribution >= 0.6 is 23.4 Å². The van der Waals surface area contributed by atoms with Gasteiger partial charge in [-0.1, -0.05) is 60.8 Å². The van der Waals surface area contributed by atoms with Crippen molar-refractivity contribution in [3.8, 4) is 11.4 Å². The predicted molar refractivity (Wildman–Crippen MR) is 106 cm³/mol. The second-order valence-corrected chi connectivity index (χ2v) is 7.79. The Kier molecular flexibility index (Phi) is 6.74. The van der Waals surface area contributed by atoms with Gasteiger partial charge < -0.3 is 5.32 Å². The van der Waals surface area contributed by atoms with E-state index < -0.39 is 0 Å². The van der Waals surface area contributed by atoms with Crippen molar-refractivity contribution in [3.63, 3.8) is 0 Å². The average molecular weight is 391 g/mol. The maximum Gasteiger partial charge on any atom is 0.230 e. The van der Waals surface area contributed by atoms with Gasteiger partial charge >= 0.3 is 0 Å². The lowest BCUT2D eigenvalue weighted by molar-refractivity contribution is -0.119. The average Bonchev–Trinajstić information content (AvgIpc) is 3.04. The molecule has 1 aliphatic carbocycles. The van der Waals surface area contributed by atoms with Gasteiger partial charge in [-0.15, -0.1) is 16.8 Å². The lowest BCUT2D eigenvalue weighted by Crippen LogP contribution is -2.37. The summed E-state index contributed by atoms with van der Waals surface area (Å²) in [7, 11) is 0. The highest BCUT2D eigenvalue weighted by Gasteiger charge is 2.18. The van der Waals surface area contributed by atoms with Crippen LogP contribution in [0, 0.1) is 0 Å². The van der Waals surface area contributed by atoms with Crippen molar-refractivity contribution in [1.82, 2.24) is 20.1 Å². The molecule has 0 bridgehead atoms. The molecule has 1 saturated carbocycles. The summed E-state index contributed by atoms with van der Waals surface area (Å²) in [4.78, 5) is 12.2. The highest BCUT2D eigenvalue weighted by atomic mass is 35.5. The van der Waals surface area contributed by atoms with Crippen LogP contribution in [0.15, 0.2) is 42.1 Å². The first-order valence-electron chi connectivity index (χ1n) is 8.89. The van der Waals surface area contributed by atoms with Crippen molar-refractivity contribution < 1.29 is 4.79 Å². The summed E-state index contributed by atoms with van der Waals surface area (Å²) in [5.41, 5.74) is 0.894. The van der Waals surface area contributed by atoms with Gasteiger partial charge in [-0.25, -0.2) is 0 Å². The van der Waals surface area contributed by atoms with E-state index >= 15 is 0 Å². The van der Waals surface area contributed by atoms with Crippen LogP contribution in [0.3, 0.4) is 0 Å². The standard InChI is InChI=1S/C19H23ClN4OS/c1-2-11-24-18(14-7-6-8-15(20)12-14)22-23-19(24)26-13-17(25)21-16-9-4-3-5-10-16/h2,6-8,12,16H,1,3-5,9-11,13H2,(H,21,25). The number of carbonyl (C=O) groups is 1. The van der Waals surface area contributed by atoms with E-state index in [0.717, 1.165) is 24.2 Å². The molecular formula is C19H23ClN4OS. The van der Waals surface area contributed by atoms with E-state index in [2.05, 4.69) is 22.1 Å². The molecule has 0 aliphatic heterocycles. The lowest BCUT2D eigenvalue weighted by atomic mass is 9.95. The molecule has 1 heterocycles. The van der Waals surface area contributed by atoms with Gasteiger partial charge in [0.15, 0.2) is 11.0 Å². The van der Waals surface area contributed by atoms with Crippen molar-refractivity contribution in [2.45, 2.75) is 49.8 Å². The third-order valence-corrected chi connectivity index (χ3v) is 5.62. The summed E-state index contributed by atoms with van der Waals surface area (Å²) in [5, 5.41) is 13.0. The Morgan fingerprint density at radius 2 is 2.15 bits per heavy atom. The number of thioether (sulfide) groups is 1. The number of aromatic nitrogens is 3. The molecule has 1 amide bonds. The Hall–Kier alpha value is -1.79. The number of amides is 1. The fraction of sp³-hybridized carbons (Fsp3) is 0.421. The molecule has 0 saturated heterocycles. The fourth-order valence-electron chi connectivity index (χ4n) is 3.18. The molecule has 0 radical (unpaired) electrons. The molecule has 1 fully saturated rings. The summed E-state index contributed by atoms with van der Waals surface area (Å²) in [6, 6.07) is 7.83. The van der Waals surface area contributed by atoms with Gasteiger partial charge in [-0.3, -0.25) is 9.36 Å². The van der Waals surface area contributed by atoms with Crippen molar-refractivity contribution in [2.24, 2.45) is 0 Å². The van der Waals surface area contributed by atoms with Crippen LogP contribution in [0.1, 0.15) is 32.1 Å². The topological polar surface area (TPSA) is 59.8 Å². The third-order valence-electron chi connectivity index (χ3n) is 4.41. The third kappa shape index (κ3) is 4.89. The number of allylic oxidation sites excluding steroid dienone is 1. The first kappa shape index (κ1) is 19.0. The highest BCUT2D eigenvalue weighted by molar-refractivity contribution is 7.99. The monoisotopic (exact) mass is 390 g/mol. The molecule has 2 aromatic rings. The molecule has 1 N–H and O–H groups in total. The van der Waals surface area contributed by atoms with Gasteiger partial charge in [0.25, 0.3) is 0 Å². The van der Waals surface area contributed by atoms with Crippen molar-refractivity contribution in [1.29, 1.82) is 0 Å². The molecule has 3 rings (SSSR count). The van der Waals surface area contributed by atoms with Crippen LogP contribution in [-0.2, 0) is 11.3 Å². The van der Waals surface area contributed by atoms with Crippen LogP contribution in [0.25, 0.3) is 11.4 Å². The fourth-order valence-corrected chi connectivity index (χ4v) is 4.13. The zero-order valence-electron chi connectivity index (χ0n) is 14.7. The zero-order valence-corrected chi connectivity index (χ0v) is 16.2. The molecular weight excluding hydrogens is 368 g/mol. The lowest BCUT2D eigenvalue weighted by Gasteiger charge is -2.22. The number of nitrogens with zero attached hydrogens (tertiary/aromatic N) is 3. The molecule has 1 aromatic heterocycles. The minimum atomic E-state index is 0.0550. The molecule has 7 heteroatoms. The Morgan fingerprint density at radius 3 is 2.88 bits per heavy atom. The second kappa shape index (κ2) is 9.24. The van der Waals surface area contributed by atoms with E-state index in [-0.39, 0.29) is 5.91 Å². The molecule has 0 atom stereocenters. The van der Waals surface area contributed by atoms with Gasteiger partial charge in [-0.2, -0.15) is 0 Å². The zero-order chi connectivity index (χ0) is 18.4. The number of hydrogen-bond donors (Lipinski definition) is 1. The smallest absolute Gasteiger partial charge is 0.230 e. The molecule has 5 nitrogen and oxygen atoms in total. The number of nitrogens with one attached hydrogen (secondary N) is 1. The normalized spacial score (nSPS) is 15.0. The molecule has 0 spiro atoms. The number of carbonyl (C=O) groups excluding carboxylic acids is 1. The van der Waals surface area contributed by atoms with Gasteiger partial charge in [0.1, 0.15) is 0 Å². The van der Waals surface area contributed by atoms with Crippen LogP contribution < -0.4 is 5.32 Å². The minimum absolute atomic E-state index is 0.0550. The number of halogens is 1. The molecule has 1 aliphatic rings. The van der Waals surface area contributed by atoms with E-state index in [0.29, 0.717) is 28.5 Å². The minimum Gasteiger partial charge on any atom is -0.353 e. The highest BCUT2D eigenvalue weighted by Crippen LogP contribution is 2.26. The summed E-state index contributed by atoms with van der Waals surface area (Å²) in [6.07, 6.45) is 7.65. The quantitative estimate of drug-likeness (QED) is 0.564. The van der Waals surface area contributed by atoms with E-state index in [1.54, 1.807) is 6.08 Å². The van der Waals surface area contributed by atoms with E-state index in [9.17, 15) is 4.79 Å². The number of benzene rings is 1. The van der Waals surface area contributed by atoms with Crippen molar-refractivity contribution >= 4 is 29.3 Å². The number of rotatable bonds is 7.